The van der Waals surface area contributed by atoms with Crippen LogP contribution in [0.15, 0.2) is 23.1 Å². The van der Waals surface area contributed by atoms with Crippen LogP contribution in [0.25, 0.3) is 14.9 Å². The van der Waals surface area contributed by atoms with E-state index in [4.69, 9.17) is 9.72 Å². The molecule has 0 atom stereocenters. The van der Waals surface area contributed by atoms with Gasteiger partial charge in [-0.3, -0.25) is 0 Å². The lowest BCUT2D eigenvalue weighted by atomic mass is 10.2. The third-order valence-electron chi connectivity index (χ3n) is 5.83. The first kappa shape index (κ1) is 20.7. The minimum Gasteiger partial charge on any atom is -0.418 e. The predicted octanol–water partition coefficient (Wildman–Crippen LogP) is 2.44. The molecule has 0 amide bonds. The van der Waals surface area contributed by atoms with Gasteiger partial charge in [0.2, 0.25) is 10.0 Å². The van der Waals surface area contributed by atoms with Gasteiger partial charge in [-0.25, -0.2) is 17.8 Å². The third-order valence-corrected chi connectivity index (χ3v) is 8.28. The quantitative estimate of drug-likeness (QED) is 0.629. The van der Waals surface area contributed by atoms with E-state index in [1.807, 2.05) is 0 Å². The summed E-state index contributed by atoms with van der Waals surface area (Å²) in [6.07, 6.45) is 2.90. The average Bonchev–Trinajstić information content (AvgIpc) is 3.31. The molecule has 3 aromatic rings. The summed E-state index contributed by atoms with van der Waals surface area (Å²) in [6, 6.07) is 3.71. The van der Waals surface area contributed by atoms with Crippen LogP contribution >= 0.6 is 11.3 Å². The third kappa shape index (κ3) is 4.05. The lowest BCUT2D eigenvalue weighted by Crippen LogP contribution is -3.12. The number of nitrogens with one attached hydrogen (secondary N) is 1. The predicted molar refractivity (Wildman–Crippen MR) is 116 cm³/mol. The zero-order valence-electron chi connectivity index (χ0n) is 17.1. The van der Waals surface area contributed by atoms with Crippen molar-refractivity contribution in [3.63, 3.8) is 0 Å². The Balaban J connectivity index is 1.56. The highest BCUT2D eigenvalue weighted by molar-refractivity contribution is 7.94. The second kappa shape index (κ2) is 8.09. The van der Waals surface area contributed by atoms with E-state index in [0.29, 0.717) is 25.6 Å². The van der Waals surface area contributed by atoms with Crippen molar-refractivity contribution in [3.8, 4) is 0 Å². The maximum Gasteiger partial charge on any atom is 0.202 e. The number of aryl methyl sites for hydroxylation is 3. The first-order valence-electron chi connectivity index (χ1n) is 10.4. The highest BCUT2D eigenvalue weighted by Gasteiger charge is 2.22. The number of ether oxygens (including phenoxy) is 1. The summed E-state index contributed by atoms with van der Waals surface area (Å²) in [7, 11) is -4.04. The molecule has 7 nitrogen and oxygen atoms in total. The maximum absolute atomic E-state index is 13.7. The molecule has 1 aromatic carbocycles. The molecule has 0 unspecified atom stereocenters. The van der Waals surface area contributed by atoms with E-state index in [0.717, 1.165) is 54.2 Å². The van der Waals surface area contributed by atoms with E-state index in [1.54, 1.807) is 11.3 Å². The number of quaternary nitrogens is 1. The molecule has 31 heavy (non-hydrogen) atoms. The number of aromatic nitrogens is 2. The van der Waals surface area contributed by atoms with Gasteiger partial charge in [0.05, 0.1) is 23.9 Å². The molecule has 0 radical (unpaired) electrons. The number of thiophene rings is 1. The molecule has 5 rings (SSSR count). The van der Waals surface area contributed by atoms with E-state index < -0.39 is 15.8 Å². The monoisotopic (exact) mass is 462 g/mol. The summed E-state index contributed by atoms with van der Waals surface area (Å²) in [5.74, 6) is 0.345. The minimum atomic E-state index is -4.04. The van der Waals surface area contributed by atoms with Crippen LogP contribution in [0.5, 0.6) is 0 Å². The molecule has 1 aliphatic heterocycles. The van der Waals surface area contributed by atoms with E-state index in [1.165, 1.54) is 28.8 Å². The fraction of sp³-hybridized carbons (Fsp3) is 0.429. The van der Waals surface area contributed by atoms with Crippen LogP contribution < -0.4 is 4.90 Å². The Morgan fingerprint density at radius 2 is 2.03 bits per heavy atom. The number of rotatable bonds is 5. The molecule has 1 fully saturated rings. The summed E-state index contributed by atoms with van der Waals surface area (Å²) in [4.78, 5) is 12.7. The van der Waals surface area contributed by atoms with Crippen molar-refractivity contribution in [2.45, 2.75) is 37.6 Å². The molecular formula is C21H23FN4O3S2. The Kier molecular flexibility index (Phi) is 5.41. The zero-order chi connectivity index (χ0) is 21.6. The van der Waals surface area contributed by atoms with Crippen molar-refractivity contribution in [2.24, 2.45) is 0 Å². The molecule has 3 heterocycles. The van der Waals surface area contributed by atoms with Crippen LogP contribution in [0.1, 0.15) is 28.2 Å². The molecule has 1 N–H and O–H groups in total. The van der Waals surface area contributed by atoms with Crippen molar-refractivity contribution < 1.29 is 22.4 Å². The Morgan fingerprint density at radius 3 is 2.81 bits per heavy atom. The number of fused-ring (bicyclic) bond motifs is 3. The van der Waals surface area contributed by atoms with Gasteiger partial charge in [0.25, 0.3) is 0 Å². The van der Waals surface area contributed by atoms with Gasteiger partial charge < -0.3 is 19.3 Å². The molecule has 0 spiro atoms. The second-order valence-electron chi connectivity index (χ2n) is 8.02. The van der Waals surface area contributed by atoms with Gasteiger partial charge >= 0.3 is 0 Å². The molecular weight excluding hydrogens is 439 g/mol. The molecule has 2 aliphatic rings. The summed E-state index contributed by atoms with van der Waals surface area (Å²) in [6.45, 7) is 5.25. The van der Waals surface area contributed by atoms with Gasteiger partial charge in [0, 0.05) is 10.3 Å². The van der Waals surface area contributed by atoms with E-state index >= 15 is 0 Å². The smallest absolute Gasteiger partial charge is 0.202 e. The Labute approximate surface area is 184 Å². The van der Waals surface area contributed by atoms with Gasteiger partial charge in [0.1, 0.15) is 30.3 Å². The lowest BCUT2D eigenvalue weighted by molar-refractivity contribution is -0.922. The topological polar surface area (TPSA) is 87.7 Å². The summed E-state index contributed by atoms with van der Waals surface area (Å²) < 4.78 is 49.3. The number of hydrogen-bond acceptors (Lipinski definition) is 6. The number of nitrogens with zero attached hydrogens (tertiary/aromatic N) is 3. The molecule has 10 heteroatoms. The Morgan fingerprint density at radius 1 is 1.23 bits per heavy atom. The van der Waals surface area contributed by atoms with Crippen LogP contribution in [0.2, 0.25) is 0 Å². The van der Waals surface area contributed by atoms with Crippen LogP contribution in [0, 0.1) is 12.7 Å². The SMILES string of the molecule is Cc1cc(S(=O)(=O)[N-]c2nc(C[NH+]3CCOCC3)nc3sc4c(c23)CCC4)ccc1F. The summed E-state index contributed by atoms with van der Waals surface area (Å²) in [5.41, 5.74) is 1.38. The van der Waals surface area contributed by atoms with Crippen molar-refractivity contribution in [3.05, 3.63) is 50.6 Å². The van der Waals surface area contributed by atoms with Gasteiger partial charge in [0.15, 0.2) is 0 Å². The summed E-state index contributed by atoms with van der Waals surface area (Å²) >= 11 is 1.61. The number of hydrogen-bond donors (Lipinski definition) is 1. The normalized spacial score (nSPS) is 17.2. The average molecular weight is 463 g/mol. The largest absolute Gasteiger partial charge is 0.418 e. The molecule has 1 saturated heterocycles. The van der Waals surface area contributed by atoms with Crippen LogP contribution in [0.3, 0.4) is 0 Å². The van der Waals surface area contributed by atoms with Gasteiger partial charge in [-0.15, -0.1) is 11.3 Å². The number of sulfonamides is 1. The van der Waals surface area contributed by atoms with E-state index in [9.17, 15) is 12.8 Å². The molecule has 164 valence electrons. The molecule has 0 saturated carbocycles. The highest BCUT2D eigenvalue weighted by atomic mass is 32.2. The fourth-order valence-corrected chi connectivity index (χ4v) is 6.47. The fourth-order valence-electron chi connectivity index (χ4n) is 4.17. The van der Waals surface area contributed by atoms with Gasteiger partial charge in [-0.1, -0.05) is 0 Å². The number of morpholine rings is 1. The maximum atomic E-state index is 13.7. The summed E-state index contributed by atoms with van der Waals surface area (Å²) in [5, 5.41) is 0.751. The number of benzene rings is 1. The molecule has 1 aliphatic carbocycles. The first-order chi connectivity index (χ1) is 14.9. The lowest BCUT2D eigenvalue weighted by Gasteiger charge is -2.25. The van der Waals surface area contributed by atoms with E-state index in [2.05, 4.69) is 9.71 Å². The van der Waals surface area contributed by atoms with Gasteiger partial charge in [-0.05, 0) is 61.3 Å². The van der Waals surface area contributed by atoms with Crippen LogP contribution in [-0.4, -0.2) is 44.7 Å². The Bertz CT molecular complexity index is 1250. The van der Waals surface area contributed by atoms with Gasteiger partial charge in [-0.2, -0.15) is 0 Å². The standard InChI is InChI=1S/C21H22FN4O3S2/c1-13-11-14(5-6-16(13)22)31(27,28)25-20-19-15-3-2-4-17(15)30-21(19)24-18(23-20)12-26-7-9-29-10-8-26/h5-6,11H,2-4,7-10,12H2,1H3/q-1/p+1. The highest BCUT2D eigenvalue weighted by Crippen LogP contribution is 2.43. The van der Waals surface area contributed by atoms with Crippen molar-refractivity contribution in [2.75, 3.05) is 26.3 Å². The van der Waals surface area contributed by atoms with Crippen molar-refractivity contribution in [1.82, 2.24) is 9.97 Å². The Hall–Kier alpha value is -2.14. The first-order valence-corrected chi connectivity index (χ1v) is 12.6. The zero-order valence-corrected chi connectivity index (χ0v) is 18.8. The second-order valence-corrected chi connectivity index (χ2v) is 10.7. The number of halogens is 1. The van der Waals surface area contributed by atoms with Crippen LogP contribution in [-0.2, 0) is 34.1 Å². The van der Waals surface area contributed by atoms with Crippen molar-refractivity contribution in [1.29, 1.82) is 0 Å². The van der Waals surface area contributed by atoms with Crippen LogP contribution in [0.4, 0.5) is 10.2 Å². The van der Waals surface area contributed by atoms with Crippen molar-refractivity contribution >= 4 is 37.4 Å². The molecule has 0 bridgehead atoms. The minimum absolute atomic E-state index is 0.0367. The van der Waals surface area contributed by atoms with E-state index in [-0.39, 0.29) is 16.3 Å². The molecule has 2 aromatic heterocycles.